The fourth-order valence-corrected chi connectivity index (χ4v) is 1.42. The lowest BCUT2D eigenvalue weighted by molar-refractivity contribution is -0.137. The van der Waals surface area contributed by atoms with Gasteiger partial charge in [-0.2, -0.15) is 13.2 Å². The summed E-state index contributed by atoms with van der Waals surface area (Å²) in [7, 11) is 0. The Bertz CT molecular complexity index is 583. The number of nitrogens with one attached hydrogen (secondary N) is 1. The summed E-state index contributed by atoms with van der Waals surface area (Å²) in [5, 5.41) is 9.58. The molecule has 3 nitrogen and oxygen atoms in total. The van der Waals surface area contributed by atoms with Crippen molar-refractivity contribution in [2.45, 2.75) is 6.18 Å². The molecule has 0 saturated heterocycles. The third kappa shape index (κ3) is 3.31. The number of hydrogen-bond acceptors (Lipinski definition) is 3. The highest BCUT2D eigenvalue weighted by Gasteiger charge is 2.31. The molecule has 0 radical (unpaired) electrons. The van der Waals surface area contributed by atoms with Crippen LogP contribution in [0, 0.1) is 5.82 Å². The first-order valence-corrected chi connectivity index (χ1v) is 5.37. The van der Waals surface area contributed by atoms with Crippen molar-refractivity contribution in [3.63, 3.8) is 0 Å². The molecule has 100 valence electrons. The van der Waals surface area contributed by atoms with Crippen molar-refractivity contribution in [1.29, 1.82) is 0 Å². The van der Waals surface area contributed by atoms with E-state index < -0.39 is 17.6 Å². The highest BCUT2D eigenvalue weighted by molar-refractivity contribution is 6.29. The molecule has 1 aromatic carbocycles. The fourth-order valence-electron chi connectivity index (χ4n) is 1.32. The van der Waals surface area contributed by atoms with E-state index in [0.29, 0.717) is 12.1 Å². The summed E-state index contributed by atoms with van der Waals surface area (Å²) in [6.45, 7) is 0. The Hall–Kier alpha value is -1.89. The molecule has 8 heteroatoms. The zero-order chi connectivity index (χ0) is 14.0. The minimum absolute atomic E-state index is 0.0858. The van der Waals surface area contributed by atoms with Crippen LogP contribution in [0.2, 0.25) is 5.15 Å². The normalized spacial score (nSPS) is 11.4. The zero-order valence-electron chi connectivity index (χ0n) is 9.17. The monoisotopic (exact) mass is 291 g/mol. The molecule has 0 aliphatic rings. The molecule has 0 spiro atoms. The minimum Gasteiger partial charge on any atom is -0.336 e. The Kier molecular flexibility index (Phi) is 3.57. The number of halogens is 5. The average Bonchev–Trinajstić information content (AvgIpc) is 2.33. The lowest BCUT2D eigenvalue weighted by Crippen LogP contribution is -2.06. The maximum Gasteiger partial charge on any atom is 0.416 e. The molecule has 0 bridgehead atoms. The van der Waals surface area contributed by atoms with E-state index in [1.165, 1.54) is 12.1 Å². The van der Waals surface area contributed by atoms with Gasteiger partial charge < -0.3 is 5.32 Å². The van der Waals surface area contributed by atoms with Crippen molar-refractivity contribution in [2.24, 2.45) is 0 Å². The van der Waals surface area contributed by atoms with Crippen LogP contribution in [0.5, 0.6) is 0 Å². The van der Waals surface area contributed by atoms with E-state index in [2.05, 4.69) is 15.5 Å². The smallest absolute Gasteiger partial charge is 0.336 e. The van der Waals surface area contributed by atoms with E-state index in [4.69, 9.17) is 11.6 Å². The van der Waals surface area contributed by atoms with E-state index in [9.17, 15) is 17.6 Å². The van der Waals surface area contributed by atoms with Crippen molar-refractivity contribution in [3.8, 4) is 0 Å². The van der Waals surface area contributed by atoms with Crippen molar-refractivity contribution in [1.82, 2.24) is 10.2 Å². The summed E-state index contributed by atoms with van der Waals surface area (Å²) >= 11 is 5.51. The quantitative estimate of drug-likeness (QED) is 0.849. The van der Waals surface area contributed by atoms with Gasteiger partial charge in [0.15, 0.2) is 11.0 Å². The van der Waals surface area contributed by atoms with Crippen LogP contribution in [0.25, 0.3) is 0 Å². The maximum atomic E-state index is 13.4. The van der Waals surface area contributed by atoms with Crippen LogP contribution in [0.4, 0.5) is 29.1 Å². The third-order valence-electron chi connectivity index (χ3n) is 2.19. The number of anilines is 2. The summed E-state index contributed by atoms with van der Waals surface area (Å²) in [5.41, 5.74) is -1.30. The van der Waals surface area contributed by atoms with Gasteiger partial charge in [-0.15, -0.1) is 10.2 Å². The van der Waals surface area contributed by atoms with E-state index in [1.54, 1.807) is 0 Å². The molecule has 1 heterocycles. The van der Waals surface area contributed by atoms with Crippen molar-refractivity contribution in [3.05, 3.63) is 46.9 Å². The van der Waals surface area contributed by atoms with E-state index >= 15 is 0 Å². The van der Waals surface area contributed by atoms with Crippen LogP contribution in [0.3, 0.4) is 0 Å². The molecule has 0 aliphatic heterocycles. The first kappa shape index (κ1) is 13.5. The molecule has 0 saturated carbocycles. The molecule has 1 aromatic heterocycles. The number of benzene rings is 1. The number of rotatable bonds is 2. The van der Waals surface area contributed by atoms with Gasteiger partial charge in [-0.05, 0) is 30.3 Å². The fraction of sp³-hybridized carbons (Fsp3) is 0.0909. The summed E-state index contributed by atoms with van der Waals surface area (Å²) in [6, 6.07) is 4.80. The zero-order valence-corrected chi connectivity index (χ0v) is 9.93. The van der Waals surface area contributed by atoms with Crippen LogP contribution < -0.4 is 5.32 Å². The number of nitrogens with zero attached hydrogens (tertiary/aromatic N) is 2. The second kappa shape index (κ2) is 5.00. The molecule has 0 atom stereocenters. The standard InChI is InChI=1S/C11H6ClF4N3/c12-9-3-4-10(19-18-9)17-8-5-6(11(14,15)16)1-2-7(8)13/h1-5H,(H,17,19). The second-order valence-electron chi connectivity index (χ2n) is 3.56. The van der Waals surface area contributed by atoms with Gasteiger partial charge >= 0.3 is 6.18 Å². The molecule has 0 aliphatic carbocycles. The molecule has 0 unspecified atom stereocenters. The van der Waals surface area contributed by atoms with Crippen molar-refractivity contribution >= 4 is 23.1 Å². The minimum atomic E-state index is -4.55. The highest BCUT2D eigenvalue weighted by Crippen LogP contribution is 2.32. The predicted octanol–water partition coefficient (Wildman–Crippen LogP) is 4.03. The molecule has 0 fully saturated rings. The van der Waals surface area contributed by atoms with Crippen LogP contribution >= 0.6 is 11.6 Å². The summed E-state index contributed by atoms with van der Waals surface area (Å²) < 4.78 is 50.9. The van der Waals surface area contributed by atoms with Crippen LogP contribution in [0.1, 0.15) is 5.56 Å². The van der Waals surface area contributed by atoms with Gasteiger partial charge in [-0.3, -0.25) is 0 Å². The largest absolute Gasteiger partial charge is 0.416 e. The third-order valence-corrected chi connectivity index (χ3v) is 2.39. The number of hydrogen-bond donors (Lipinski definition) is 1. The van der Waals surface area contributed by atoms with E-state index in [-0.39, 0.29) is 16.7 Å². The van der Waals surface area contributed by atoms with Crippen LogP contribution in [-0.4, -0.2) is 10.2 Å². The van der Waals surface area contributed by atoms with Crippen molar-refractivity contribution in [2.75, 3.05) is 5.32 Å². The SMILES string of the molecule is Fc1ccc(C(F)(F)F)cc1Nc1ccc(Cl)nn1. The molecular weight excluding hydrogens is 286 g/mol. The molecule has 2 rings (SSSR count). The van der Waals surface area contributed by atoms with Crippen LogP contribution in [-0.2, 0) is 6.18 Å². The Morgan fingerprint density at radius 2 is 1.79 bits per heavy atom. The van der Waals surface area contributed by atoms with Gasteiger partial charge in [0, 0.05) is 0 Å². The molecule has 2 aromatic rings. The van der Waals surface area contributed by atoms with Crippen LogP contribution in [0.15, 0.2) is 30.3 Å². The summed E-state index contributed by atoms with van der Waals surface area (Å²) in [5.74, 6) is -0.743. The topological polar surface area (TPSA) is 37.8 Å². The van der Waals surface area contributed by atoms with Gasteiger partial charge in [-0.1, -0.05) is 11.6 Å². The predicted molar refractivity (Wildman–Crippen MR) is 61.7 cm³/mol. The summed E-state index contributed by atoms with van der Waals surface area (Å²) in [6.07, 6.45) is -4.55. The maximum absolute atomic E-state index is 13.4. The van der Waals surface area contributed by atoms with Crippen molar-refractivity contribution < 1.29 is 17.6 Å². The number of aromatic nitrogens is 2. The summed E-state index contributed by atoms with van der Waals surface area (Å²) in [4.78, 5) is 0. The van der Waals surface area contributed by atoms with E-state index in [1.807, 2.05) is 0 Å². The Morgan fingerprint density at radius 3 is 2.37 bits per heavy atom. The van der Waals surface area contributed by atoms with Gasteiger partial charge in [-0.25, -0.2) is 4.39 Å². The van der Waals surface area contributed by atoms with Gasteiger partial charge in [0.1, 0.15) is 5.82 Å². The Morgan fingerprint density at radius 1 is 1.05 bits per heavy atom. The Balaban J connectivity index is 2.31. The van der Waals surface area contributed by atoms with Gasteiger partial charge in [0.25, 0.3) is 0 Å². The lowest BCUT2D eigenvalue weighted by atomic mass is 10.2. The first-order valence-electron chi connectivity index (χ1n) is 4.99. The molecule has 19 heavy (non-hydrogen) atoms. The van der Waals surface area contributed by atoms with Gasteiger partial charge in [0.2, 0.25) is 0 Å². The highest BCUT2D eigenvalue weighted by atomic mass is 35.5. The average molecular weight is 292 g/mol. The molecular formula is C11H6ClF4N3. The molecule has 0 amide bonds. The van der Waals surface area contributed by atoms with E-state index in [0.717, 1.165) is 6.07 Å². The molecule has 1 N–H and O–H groups in total. The second-order valence-corrected chi connectivity index (χ2v) is 3.95. The first-order chi connectivity index (χ1) is 8.86. The lowest BCUT2D eigenvalue weighted by Gasteiger charge is -2.10. The van der Waals surface area contributed by atoms with Gasteiger partial charge in [0.05, 0.1) is 11.3 Å². The number of alkyl halides is 3. The Labute approximate surface area is 110 Å².